The molecule has 0 aromatic rings. The summed E-state index contributed by atoms with van der Waals surface area (Å²) in [5.74, 6) is 6.59. The van der Waals surface area contributed by atoms with Crippen LogP contribution in [-0.2, 0) is 0 Å². The second-order valence-electron chi connectivity index (χ2n) is 9.80. The fourth-order valence-electron chi connectivity index (χ4n) is 6.67. The van der Waals surface area contributed by atoms with Crippen LogP contribution in [0.25, 0.3) is 0 Å². The number of hydrogen-bond donors (Lipinski definition) is 0. The molecule has 0 nitrogen and oxygen atoms in total. The lowest BCUT2D eigenvalue weighted by Gasteiger charge is -2.41. The van der Waals surface area contributed by atoms with Crippen molar-refractivity contribution >= 4 is 0 Å². The van der Waals surface area contributed by atoms with Crippen LogP contribution in [0.5, 0.6) is 0 Å². The highest BCUT2D eigenvalue weighted by atomic mass is 14.4. The molecule has 0 heterocycles. The largest absolute Gasteiger partial charge is 0.0654 e. The maximum absolute atomic E-state index is 2.40. The van der Waals surface area contributed by atoms with Gasteiger partial charge < -0.3 is 0 Å². The van der Waals surface area contributed by atoms with Gasteiger partial charge >= 0.3 is 0 Å². The van der Waals surface area contributed by atoms with E-state index >= 15 is 0 Å². The van der Waals surface area contributed by atoms with E-state index in [2.05, 4.69) is 13.8 Å². The van der Waals surface area contributed by atoms with Crippen LogP contribution in [0.3, 0.4) is 0 Å². The Hall–Kier alpha value is 0. The minimum absolute atomic E-state index is 1.07. The normalized spacial score (nSPS) is 41.2. The van der Waals surface area contributed by atoms with E-state index in [-0.39, 0.29) is 0 Å². The molecule has 0 radical (unpaired) electrons. The van der Waals surface area contributed by atoms with Crippen molar-refractivity contribution in [3.05, 3.63) is 0 Å². The van der Waals surface area contributed by atoms with E-state index in [1.54, 1.807) is 77.0 Å². The molecular weight excluding hydrogens is 288 g/mol. The van der Waals surface area contributed by atoms with Gasteiger partial charge in [0.2, 0.25) is 0 Å². The van der Waals surface area contributed by atoms with Gasteiger partial charge in [-0.05, 0) is 80.5 Å². The molecule has 3 aliphatic rings. The lowest BCUT2D eigenvalue weighted by molar-refractivity contribution is 0.0989. The highest BCUT2D eigenvalue weighted by molar-refractivity contribution is 4.86. The summed E-state index contributed by atoms with van der Waals surface area (Å²) < 4.78 is 0. The topological polar surface area (TPSA) is 0 Å². The molecule has 0 amide bonds. The van der Waals surface area contributed by atoms with E-state index in [4.69, 9.17) is 0 Å². The van der Waals surface area contributed by atoms with Gasteiger partial charge in [0.15, 0.2) is 0 Å². The Morgan fingerprint density at radius 3 is 1.75 bits per heavy atom. The maximum atomic E-state index is 2.40. The van der Waals surface area contributed by atoms with Crippen molar-refractivity contribution in [3.63, 3.8) is 0 Å². The number of unbranched alkanes of at least 4 members (excludes halogenated alkanes) is 1. The second-order valence-corrected chi connectivity index (χ2v) is 9.80. The molecule has 3 rings (SSSR count). The first-order valence-electron chi connectivity index (χ1n) is 11.8. The third kappa shape index (κ3) is 5.01. The van der Waals surface area contributed by atoms with Crippen LogP contribution in [0.1, 0.15) is 117 Å². The van der Waals surface area contributed by atoms with Gasteiger partial charge in [0, 0.05) is 0 Å². The summed E-state index contributed by atoms with van der Waals surface area (Å²) in [4.78, 5) is 0. The average Bonchev–Trinajstić information content (AvgIpc) is 2.67. The zero-order valence-electron chi connectivity index (χ0n) is 16.8. The van der Waals surface area contributed by atoms with E-state index < -0.39 is 0 Å². The smallest absolute Gasteiger partial charge is 0.0383 e. The Bertz CT molecular complexity index is 330. The van der Waals surface area contributed by atoms with Crippen molar-refractivity contribution in [3.8, 4) is 0 Å². The van der Waals surface area contributed by atoms with Gasteiger partial charge in [-0.25, -0.2) is 0 Å². The van der Waals surface area contributed by atoms with E-state index in [0.717, 1.165) is 35.5 Å². The summed E-state index contributed by atoms with van der Waals surface area (Å²) in [6, 6.07) is 0. The van der Waals surface area contributed by atoms with Crippen molar-refractivity contribution < 1.29 is 0 Å². The fraction of sp³-hybridized carbons (Fsp3) is 1.00. The lowest BCUT2D eigenvalue weighted by Crippen LogP contribution is -2.30. The van der Waals surface area contributed by atoms with Crippen molar-refractivity contribution in [1.29, 1.82) is 0 Å². The quantitative estimate of drug-likeness (QED) is 0.462. The van der Waals surface area contributed by atoms with E-state index in [0.29, 0.717) is 0 Å². The van der Waals surface area contributed by atoms with Gasteiger partial charge in [0.25, 0.3) is 0 Å². The molecule has 2 atom stereocenters. The molecule has 0 aromatic heterocycles. The first kappa shape index (κ1) is 18.8. The monoisotopic (exact) mass is 332 g/mol. The molecule has 0 spiro atoms. The Kier molecular flexibility index (Phi) is 7.54. The average molecular weight is 333 g/mol. The summed E-state index contributed by atoms with van der Waals surface area (Å²) in [5.41, 5.74) is 0. The van der Waals surface area contributed by atoms with Crippen LogP contribution in [-0.4, -0.2) is 0 Å². The molecule has 0 N–H and O–H groups in total. The van der Waals surface area contributed by atoms with Crippen LogP contribution in [0.15, 0.2) is 0 Å². The van der Waals surface area contributed by atoms with Crippen LogP contribution in [0.4, 0.5) is 0 Å². The van der Waals surface area contributed by atoms with Crippen molar-refractivity contribution in [2.45, 2.75) is 117 Å². The van der Waals surface area contributed by atoms with Gasteiger partial charge in [0.05, 0.1) is 0 Å². The second kappa shape index (κ2) is 9.63. The minimum atomic E-state index is 1.07. The summed E-state index contributed by atoms with van der Waals surface area (Å²) in [7, 11) is 0. The van der Waals surface area contributed by atoms with Crippen LogP contribution in [0.2, 0.25) is 0 Å². The molecule has 3 saturated carbocycles. The molecule has 0 unspecified atom stereocenters. The zero-order chi connectivity index (χ0) is 16.8. The standard InChI is InChI=1S/C24H44/c1-3-5-7-20-8-6-9-24(18-20)23-16-14-22(15-17-23)21-12-10-19(4-2)11-13-21/h19-24H,3-18H2,1-2H3/t19-,20-,21-,22?,23?,24+/m0/s1. The Balaban J connectivity index is 1.40. The zero-order valence-corrected chi connectivity index (χ0v) is 16.8. The maximum Gasteiger partial charge on any atom is -0.0383 e. The molecule has 24 heavy (non-hydrogen) atoms. The summed E-state index contributed by atoms with van der Waals surface area (Å²) >= 11 is 0. The molecule has 0 saturated heterocycles. The Morgan fingerprint density at radius 1 is 0.583 bits per heavy atom. The summed E-state index contributed by atoms with van der Waals surface area (Å²) in [6.45, 7) is 4.75. The van der Waals surface area contributed by atoms with Crippen LogP contribution in [0, 0.1) is 35.5 Å². The first-order valence-corrected chi connectivity index (χ1v) is 11.8. The Labute approximate surface area is 152 Å². The molecule has 3 fully saturated rings. The van der Waals surface area contributed by atoms with E-state index in [1.165, 1.54) is 25.7 Å². The van der Waals surface area contributed by atoms with Gasteiger partial charge in [-0.1, -0.05) is 71.6 Å². The van der Waals surface area contributed by atoms with Crippen molar-refractivity contribution in [2.24, 2.45) is 35.5 Å². The summed E-state index contributed by atoms with van der Waals surface area (Å²) in [6.07, 6.45) is 24.7. The van der Waals surface area contributed by atoms with Crippen LogP contribution >= 0.6 is 0 Å². The predicted octanol–water partition coefficient (Wildman–Crippen LogP) is 8.01. The van der Waals surface area contributed by atoms with E-state index in [1.807, 2.05) is 0 Å². The van der Waals surface area contributed by atoms with Gasteiger partial charge in [-0.15, -0.1) is 0 Å². The van der Waals surface area contributed by atoms with Crippen molar-refractivity contribution in [2.75, 3.05) is 0 Å². The highest BCUT2D eigenvalue weighted by Crippen LogP contribution is 2.46. The number of rotatable bonds is 6. The molecule has 0 aromatic carbocycles. The van der Waals surface area contributed by atoms with Gasteiger partial charge in [0.1, 0.15) is 0 Å². The van der Waals surface area contributed by atoms with Gasteiger partial charge in [-0.2, -0.15) is 0 Å². The fourth-order valence-corrected chi connectivity index (χ4v) is 6.67. The molecule has 0 heteroatoms. The molecule has 0 aliphatic heterocycles. The number of hydrogen-bond acceptors (Lipinski definition) is 0. The molecule has 140 valence electrons. The highest BCUT2D eigenvalue weighted by Gasteiger charge is 2.34. The Morgan fingerprint density at radius 2 is 1.17 bits per heavy atom. The molecule has 3 aliphatic carbocycles. The first-order chi connectivity index (χ1) is 11.8. The van der Waals surface area contributed by atoms with Gasteiger partial charge in [-0.3, -0.25) is 0 Å². The minimum Gasteiger partial charge on any atom is -0.0654 e. The van der Waals surface area contributed by atoms with Crippen molar-refractivity contribution in [1.82, 2.24) is 0 Å². The molecular formula is C24H44. The molecule has 0 bridgehead atoms. The third-order valence-corrected chi connectivity index (χ3v) is 8.41. The lowest BCUT2D eigenvalue weighted by atomic mass is 9.64. The van der Waals surface area contributed by atoms with E-state index in [9.17, 15) is 0 Å². The predicted molar refractivity (Wildman–Crippen MR) is 106 cm³/mol. The SMILES string of the molecule is CCCC[C@H]1CCC[C@@H](C2CCC([C@H]3CC[C@H](CC)CC3)CC2)C1. The van der Waals surface area contributed by atoms with Crippen LogP contribution < -0.4 is 0 Å². The summed E-state index contributed by atoms with van der Waals surface area (Å²) in [5, 5.41) is 0. The third-order valence-electron chi connectivity index (χ3n) is 8.41.